The lowest BCUT2D eigenvalue weighted by Crippen LogP contribution is -1.96. The van der Waals surface area contributed by atoms with Crippen LogP contribution in [0.1, 0.15) is 22.3 Å². The Morgan fingerprint density at radius 1 is 0.500 bits per heavy atom. The number of hydrogen-bond acceptors (Lipinski definition) is 2. The van der Waals surface area contributed by atoms with Crippen LogP contribution in [0.4, 0.5) is 0 Å². The van der Waals surface area contributed by atoms with Gasteiger partial charge in [0.05, 0.1) is 14.2 Å². The summed E-state index contributed by atoms with van der Waals surface area (Å²) in [6, 6.07) is 33.1. The van der Waals surface area contributed by atoms with E-state index in [9.17, 15) is 0 Å². The average molecular weight is 519 g/mol. The van der Waals surface area contributed by atoms with E-state index in [0.717, 1.165) is 61.6 Å². The van der Waals surface area contributed by atoms with E-state index < -0.39 is 0 Å². The second-order valence-electron chi connectivity index (χ2n) is 9.79. The lowest BCUT2D eigenvalue weighted by atomic mass is 9.84. The largest absolute Gasteiger partial charge is 0.497 e. The van der Waals surface area contributed by atoms with Gasteiger partial charge in [0.2, 0.25) is 0 Å². The minimum absolute atomic E-state index is 0.737. The summed E-state index contributed by atoms with van der Waals surface area (Å²) >= 11 is 0. The van der Waals surface area contributed by atoms with Crippen molar-refractivity contribution in [2.24, 2.45) is 0 Å². The number of rotatable bonds is 6. The third-order valence-electron chi connectivity index (χ3n) is 7.14. The minimum Gasteiger partial charge on any atom is -0.497 e. The third-order valence-corrected chi connectivity index (χ3v) is 7.14. The molecule has 5 rings (SSSR count). The Kier molecular flexibility index (Phi) is 7.46. The van der Waals surface area contributed by atoms with E-state index in [1.54, 1.807) is 14.2 Å². The third kappa shape index (κ3) is 5.09. The van der Waals surface area contributed by atoms with Crippen LogP contribution in [0.5, 0.6) is 11.5 Å². The zero-order chi connectivity index (χ0) is 28.2. The monoisotopic (exact) mass is 518 g/mol. The number of methoxy groups -OCH3 is 2. The van der Waals surface area contributed by atoms with Gasteiger partial charge < -0.3 is 9.47 Å². The summed E-state index contributed by atoms with van der Waals surface area (Å²) in [4.78, 5) is 0. The number of hydrogen-bond donors (Lipinski definition) is 0. The summed E-state index contributed by atoms with van der Waals surface area (Å²) in [5, 5.41) is 0. The van der Waals surface area contributed by atoms with Crippen molar-refractivity contribution in [3.8, 4) is 80.7 Å². The van der Waals surface area contributed by atoms with E-state index in [-0.39, 0.29) is 0 Å². The van der Waals surface area contributed by atoms with Gasteiger partial charge in [-0.3, -0.25) is 0 Å². The molecule has 0 aliphatic carbocycles. The van der Waals surface area contributed by atoms with Gasteiger partial charge >= 0.3 is 0 Å². The molecular formula is C38H30O2. The smallest absolute Gasteiger partial charge is 0.119 e. The molecule has 2 heteroatoms. The normalized spacial score (nSPS) is 10.4. The SMILES string of the molecule is C#Cc1ccc(OC)cc1-c1cccc(-c2cc(OC)ccc2C#C)c1-c1ccc(-c2cc(C)cc(C)c2)cc1. The lowest BCUT2D eigenvalue weighted by molar-refractivity contribution is 0.415. The van der Waals surface area contributed by atoms with Gasteiger partial charge in [-0.15, -0.1) is 12.8 Å². The highest BCUT2D eigenvalue weighted by Crippen LogP contribution is 2.44. The molecule has 0 saturated carbocycles. The van der Waals surface area contributed by atoms with Gasteiger partial charge in [0, 0.05) is 22.3 Å². The molecule has 5 aromatic rings. The Morgan fingerprint density at radius 2 is 0.975 bits per heavy atom. The van der Waals surface area contributed by atoms with E-state index in [0.29, 0.717) is 0 Å². The predicted octanol–water partition coefficient (Wildman–Crippen LogP) is 8.95. The fraction of sp³-hybridized carbons (Fsp3) is 0.105. The first-order valence-corrected chi connectivity index (χ1v) is 13.1. The fourth-order valence-corrected chi connectivity index (χ4v) is 5.28. The molecule has 0 heterocycles. The van der Waals surface area contributed by atoms with Crippen LogP contribution in [0.15, 0.2) is 97.1 Å². The van der Waals surface area contributed by atoms with Crippen LogP contribution in [0.2, 0.25) is 0 Å². The molecule has 0 saturated heterocycles. The van der Waals surface area contributed by atoms with Crippen molar-refractivity contribution in [1.29, 1.82) is 0 Å². The molecular weight excluding hydrogens is 488 g/mol. The zero-order valence-corrected chi connectivity index (χ0v) is 23.2. The maximum atomic E-state index is 5.98. The molecule has 0 aliphatic rings. The quantitative estimate of drug-likeness (QED) is 0.209. The van der Waals surface area contributed by atoms with Gasteiger partial charge in [-0.2, -0.15) is 0 Å². The van der Waals surface area contributed by atoms with Gasteiger partial charge in [0.25, 0.3) is 0 Å². The lowest BCUT2D eigenvalue weighted by Gasteiger charge is -2.19. The Hall–Kier alpha value is -5.18. The van der Waals surface area contributed by atoms with Crippen LogP contribution < -0.4 is 9.47 Å². The van der Waals surface area contributed by atoms with Crippen molar-refractivity contribution >= 4 is 0 Å². The molecule has 40 heavy (non-hydrogen) atoms. The van der Waals surface area contributed by atoms with Crippen molar-refractivity contribution in [2.45, 2.75) is 13.8 Å². The molecule has 0 unspecified atom stereocenters. The summed E-state index contributed by atoms with van der Waals surface area (Å²) in [5.74, 6) is 7.19. The Labute approximate surface area is 237 Å². The highest BCUT2D eigenvalue weighted by molar-refractivity contribution is 5.97. The van der Waals surface area contributed by atoms with Crippen molar-refractivity contribution < 1.29 is 9.47 Å². The van der Waals surface area contributed by atoms with Gasteiger partial charge in [0.15, 0.2) is 0 Å². The van der Waals surface area contributed by atoms with Crippen LogP contribution in [0.3, 0.4) is 0 Å². The molecule has 194 valence electrons. The molecule has 0 aliphatic heterocycles. The topological polar surface area (TPSA) is 18.5 Å². The highest BCUT2D eigenvalue weighted by Gasteiger charge is 2.19. The van der Waals surface area contributed by atoms with Crippen LogP contribution in [-0.4, -0.2) is 14.2 Å². The van der Waals surface area contributed by atoms with Crippen LogP contribution >= 0.6 is 0 Å². The zero-order valence-electron chi connectivity index (χ0n) is 23.2. The van der Waals surface area contributed by atoms with E-state index in [1.165, 1.54) is 16.7 Å². The van der Waals surface area contributed by atoms with E-state index in [4.69, 9.17) is 22.3 Å². The first kappa shape index (κ1) is 26.4. The maximum Gasteiger partial charge on any atom is 0.119 e. The molecule has 0 bridgehead atoms. The van der Waals surface area contributed by atoms with Gasteiger partial charge in [-0.1, -0.05) is 83.6 Å². The van der Waals surface area contributed by atoms with Crippen molar-refractivity contribution in [3.05, 3.63) is 119 Å². The van der Waals surface area contributed by atoms with E-state index in [1.807, 2.05) is 42.5 Å². The van der Waals surface area contributed by atoms with Gasteiger partial charge in [0.1, 0.15) is 11.5 Å². The molecule has 0 fully saturated rings. The van der Waals surface area contributed by atoms with Crippen LogP contribution in [-0.2, 0) is 0 Å². The highest BCUT2D eigenvalue weighted by atomic mass is 16.5. The summed E-state index contributed by atoms with van der Waals surface area (Å²) < 4.78 is 11.2. The number of aryl methyl sites for hydroxylation is 2. The van der Waals surface area contributed by atoms with Gasteiger partial charge in [-0.05, 0) is 83.6 Å². The van der Waals surface area contributed by atoms with Crippen molar-refractivity contribution in [2.75, 3.05) is 14.2 Å². The van der Waals surface area contributed by atoms with E-state index >= 15 is 0 Å². The van der Waals surface area contributed by atoms with Crippen molar-refractivity contribution in [3.63, 3.8) is 0 Å². The molecule has 0 aromatic heterocycles. The van der Waals surface area contributed by atoms with E-state index in [2.05, 4.69) is 80.3 Å². The second kappa shape index (κ2) is 11.3. The number of benzene rings is 5. The maximum absolute atomic E-state index is 5.98. The average Bonchev–Trinajstić information content (AvgIpc) is 2.99. The molecule has 0 atom stereocenters. The minimum atomic E-state index is 0.737. The molecule has 0 spiro atoms. The first-order chi connectivity index (χ1) is 19.4. The van der Waals surface area contributed by atoms with Crippen LogP contribution in [0, 0.1) is 38.5 Å². The van der Waals surface area contributed by atoms with Crippen molar-refractivity contribution in [1.82, 2.24) is 0 Å². The number of terminal acetylenes is 2. The predicted molar refractivity (Wildman–Crippen MR) is 167 cm³/mol. The number of ether oxygens (including phenoxy) is 2. The molecule has 0 N–H and O–H groups in total. The first-order valence-electron chi connectivity index (χ1n) is 13.1. The summed E-state index contributed by atoms with van der Waals surface area (Å²) in [7, 11) is 3.32. The Bertz CT molecular complexity index is 1690. The standard InChI is InChI=1S/C38H30O2/c1-7-27-16-18-32(39-5)23-36(27)34-10-9-11-35(37-24-33(40-6)19-17-28(37)8-2)38(34)30-14-12-29(13-15-30)31-21-25(3)20-26(4)22-31/h1-2,9-24H,3-6H3. The molecule has 0 amide bonds. The Balaban J connectivity index is 1.80. The molecule has 2 nitrogen and oxygen atoms in total. The van der Waals surface area contributed by atoms with Crippen LogP contribution in [0.25, 0.3) is 44.5 Å². The Morgan fingerprint density at radius 3 is 1.43 bits per heavy atom. The summed E-state index contributed by atoms with van der Waals surface area (Å²) in [6.45, 7) is 4.25. The van der Waals surface area contributed by atoms with Gasteiger partial charge in [-0.25, -0.2) is 0 Å². The molecule has 0 radical (unpaired) electrons. The molecule has 5 aromatic carbocycles. The second-order valence-corrected chi connectivity index (χ2v) is 9.79. The fourth-order valence-electron chi connectivity index (χ4n) is 5.28. The summed E-state index contributed by atoms with van der Waals surface area (Å²) in [5.41, 5.74) is 12.3. The summed E-state index contributed by atoms with van der Waals surface area (Å²) in [6.07, 6.45) is 12.0.